The van der Waals surface area contributed by atoms with Gasteiger partial charge >= 0.3 is 0 Å². The molecule has 6 heteroatoms. The zero-order valence-corrected chi connectivity index (χ0v) is 18.8. The van der Waals surface area contributed by atoms with Gasteiger partial charge in [0.05, 0.1) is 18.7 Å². The number of benzene rings is 2. The van der Waals surface area contributed by atoms with Crippen molar-refractivity contribution in [3.8, 4) is 5.75 Å². The first kappa shape index (κ1) is 23.3. The van der Waals surface area contributed by atoms with Crippen LogP contribution in [0.2, 0.25) is 0 Å². The monoisotopic (exact) mass is 434 g/mol. The van der Waals surface area contributed by atoms with Gasteiger partial charge in [0, 0.05) is 13.1 Å². The summed E-state index contributed by atoms with van der Waals surface area (Å²) < 4.78 is 5.35. The molecule has 0 aromatic heterocycles. The molecule has 6 nitrogen and oxygen atoms in total. The van der Waals surface area contributed by atoms with E-state index in [2.05, 4.69) is 18.7 Å². The SMILES string of the molecule is CCN(CC)CCN1C(=O)C(O)=C(C(=O)/C=C/c2ccccc2)C1c1cccc(OC)c1. The molecule has 168 valence electrons. The Morgan fingerprint density at radius 1 is 1.12 bits per heavy atom. The summed E-state index contributed by atoms with van der Waals surface area (Å²) >= 11 is 0. The molecule has 1 atom stereocenters. The first-order valence-electron chi connectivity index (χ1n) is 10.9. The average molecular weight is 435 g/mol. The quantitative estimate of drug-likeness (QED) is 0.572. The summed E-state index contributed by atoms with van der Waals surface area (Å²) in [5.74, 6) is -0.781. The lowest BCUT2D eigenvalue weighted by atomic mass is 9.95. The molecule has 1 amide bonds. The van der Waals surface area contributed by atoms with Crippen molar-refractivity contribution < 1.29 is 19.4 Å². The van der Waals surface area contributed by atoms with Gasteiger partial charge in [-0.15, -0.1) is 0 Å². The van der Waals surface area contributed by atoms with Crippen LogP contribution in [0.4, 0.5) is 0 Å². The largest absolute Gasteiger partial charge is 0.503 e. The van der Waals surface area contributed by atoms with Crippen molar-refractivity contribution in [2.75, 3.05) is 33.3 Å². The van der Waals surface area contributed by atoms with Crippen LogP contribution in [0.25, 0.3) is 6.08 Å². The van der Waals surface area contributed by atoms with E-state index in [1.54, 1.807) is 30.2 Å². The highest BCUT2D eigenvalue weighted by molar-refractivity contribution is 6.14. The van der Waals surface area contributed by atoms with Gasteiger partial charge < -0.3 is 19.6 Å². The van der Waals surface area contributed by atoms with Crippen LogP contribution in [0.5, 0.6) is 5.75 Å². The van der Waals surface area contributed by atoms with Crippen molar-refractivity contribution in [3.63, 3.8) is 0 Å². The van der Waals surface area contributed by atoms with E-state index in [0.717, 1.165) is 24.2 Å². The maximum Gasteiger partial charge on any atom is 0.290 e. The second-order valence-electron chi connectivity index (χ2n) is 7.58. The normalized spacial score (nSPS) is 16.4. The number of likely N-dealkylation sites (N-methyl/N-ethyl adjacent to an activating group) is 1. The van der Waals surface area contributed by atoms with Crippen LogP contribution >= 0.6 is 0 Å². The molecule has 1 aliphatic heterocycles. The lowest BCUT2D eigenvalue weighted by molar-refractivity contribution is -0.129. The van der Waals surface area contributed by atoms with E-state index in [1.807, 2.05) is 42.5 Å². The smallest absolute Gasteiger partial charge is 0.290 e. The maximum atomic E-state index is 13.2. The predicted molar refractivity (Wildman–Crippen MR) is 125 cm³/mol. The van der Waals surface area contributed by atoms with Crippen molar-refractivity contribution in [1.29, 1.82) is 0 Å². The van der Waals surface area contributed by atoms with Gasteiger partial charge in [-0.05, 0) is 42.4 Å². The summed E-state index contributed by atoms with van der Waals surface area (Å²) in [4.78, 5) is 30.0. The van der Waals surface area contributed by atoms with Crippen LogP contribution in [0.15, 0.2) is 72.0 Å². The number of allylic oxidation sites excluding steroid dienone is 1. The second-order valence-corrected chi connectivity index (χ2v) is 7.58. The van der Waals surface area contributed by atoms with Crippen molar-refractivity contribution in [2.24, 2.45) is 0 Å². The van der Waals surface area contributed by atoms with Gasteiger partial charge in [-0.25, -0.2) is 0 Å². The zero-order valence-electron chi connectivity index (χ0n) is 18.8. The summed E-state index contributed by atoms with van der Waals surface area (Å²) in [6.45, 7) is 6.88. The number of hydrogen-bond donors (Lipinski definition) is 1. The van der Waals surface area contributed by atoms with Crippen molar-refractivity contribution in [1.82, 2.24) is 9.80 Å². The molecular formula is C26H30N2O4. The first-order chi connectivity index (χ1) is 15.5. The number of amides is 1. The predicted octanol–water partition coefficient (Wildman–Crippen LogP) is 4.01. The highest BCUT2D eigenvalue weighted by Gasteiger charge is 2.42. The van der Waals surface area contributed by atoms with E-state index in [4.69, 9.17) is 4.74 Å². The number of ether oxygens (including phenoxy) is 1. The Kier molecular flexibility index (Phi) is 7.84. The van der Waals surface area contributed by atoms with Crippen molar-refractivity contribution in [2.45, 2.75) is 19.9 Å². The van der Waals surface area contributed by atoms with E-state index in [1.165, 1.54) is 6.08 Å². The topological polar surface area (TPSA) is 70.1 Å². The summed E-state index contributed by atoms with van der Waals surface area (Å²) in [5.41, 5.74) is 1.68. The lowest BCUT2D eigenvalue weighted by Gasteiger charge is -2.29. The molecule has 2 aromatic carbocycles. The van der Waals surface area contributed by atoms with Gasteiger partial charge in [0.1, 0.15) is 5.75 Å². The van der Waals surface area contributed by atoms with Crippen molar-refractivity contribution >= 4 is 17.8 Å². The van der Waals surface area contributed by atoms with Gasteiger partial charge in [0.2, 0.25) is 0 Å². The number of carbonyl (C=O) groups is 2. The van der Waals surface area contributed by atoms with Gasteiger partial charge in [0.15, 0.2) is 11.5 Å². The minimum absolute atomic E-state index is 0.0926. The Bertz CT molecular complexity index is 1010. The van der Waals surface area contributed by atoms with E-state index in [9.17, 15) is 14.7 Å². The number of methoxy groups -OCH3 is 1. The third-order valence-corrected chi connectivity index (χ3v) is 5.76. The third-order valence-electron chi connectivity index (χ3n) is 5.76. The number of rotatable bonds is 10. The molecule has 1 heterocycles. The average Bonchev–Trinajstić information content (AvgIpc) is 3.09. The van der Waals surface area contributed by atoms with Crippen molar-refractivity contribution in [3.05, 3.63) is 83.1 Å². The number of ketones is 1. The number of hydrogen-bond acceptors (Lipinski definition) is 5. The third kappa shape index (κ3) is 5.08. The molecule has 1 N–H and O–H groups in total. The van der Waals surface area contributed by atoms with E-state index in [-0.39, 0.29) is 5.57 Å². The summed E-state index contributed by atoms with van der Waals surface area (Å²) in [6, 6.07) is 16.0. The fourth-order valence-corrected chi connectivity index (χ4v) is 3.91. The van der Waals surface area contributed by atoms with E-state index in [0.29, 0.717) is 18.8 Å². The Morgan fingerprint density at radius 3 is 2.50 bits per heavy atom. The standard InChI is InChI=1S/C26H30N2O4/c1-4-27(5-2)16-17-28-24(20-12-9-13-21(18-20)32-3)23(25(30)26(28)31)22(29)15-14-19-10-7-6-8-11-19/h6-15,18,24,30H,4-5,16-17H2,1-3H3/b15-14+. The van der Waals surface area contributed by atoms with Crippen LogP contribution in [-0.4, -0.2) is 59.9 Å². The van der Waals surface area contributed by atoms with E-state index >= 15 is 0 Å². The van der Waals surface area contributed by atoms with E-state index < -0.39 is 23.5 Å². The highest BCUT2D eigenvalue weighted by atomic mass is 16.5. The molecular weight excluding hydrogens is 404 g/mol. The van der Waals surface area contributed by atoms with Gasteiger partial charge in [0.25, 0.3) is 5.91 Å². The molecule has 0 saturated carbocycles. The zero-order chi connectivity index (χ0) is 23.1. The fourth-order valence-electron chi connectivity index (χ4n) is 3.91. The summed E-state index contributed by atoms with van der Waals surface area (Å²) in [6.07, 6.45) is 3.10. The number of aliphatic hydroxyl groups is 1. The highest BCUT2D eigenvalue weighted by Crippen LogP contribution is 2.38. The number of nitrogens with zero attached hydrogens (tertiary/aromatic N) is 2. The molecule has 2 aromatic rings. The molecule has 0 aliphatic carbocycles. The molecule has 0 bridgehead atoms. The maximum absolute atomic E-state index is 13.2. The van der Waals surface area contributed by atoms with Gasteiger partial charge in [-0.3, -0.25) is 9.59 Å². The molecule has 1 aliphatic rings. The van der Waals surface area contributed by atoms with Crippen LogP contribution in [0, 0.1) is 0 Å². The Morgan fingerprint density at radius 2 is 1.84 bits per heavy atom. The molecule has 32 heavy (non-hydrogen) atoms. The minimum Gasteiger partial charge on any atom is -0.503 e. The molecule has 0 saturated heterocycles. The first-order valence-corrected chi connectivity index (χ1v) is 10.9. The summed E-state index contributed by atoms with van der Waals surface area (Å²) in [5, 5.41) is 10.7. The molecule has 0 fully saturated rings. The van der Waals surface area contributed by atoms with Crippen LogP contribution in [0.3, 0.4) is 0 Å². The molecule has 0 radical (unpaired) electrons. The minimum atomic E-state index is -0.680. The van der Waals surface area contributed by atoms with Crippen LogP contribution in [0.1, 0.15) is 31.0 Å². The molecule has 0 spiro atoms. The van der Waals surface area contributed by atoms with Gasteiger partial charge in [-0.2, -0.15) is 0 Å². The van der Waals surface area contributed by atoms with Gasteiger partial charge in [-0.1, -0.05) is 62.4 Å². The molecule has 1 unspecified atom stereocenters. The second kappa shape index (κ2) is 10.8. The summed E-state index contributed by atoms with van der Waals surface area (Å²) in [7, 11) is 1.57. The Hall–Kier alpha value is -3.38. The Labute approximate surface area is 189 Å². The number of carbonyl (C=O) groups excluding carboxylic acids is 2. The van der Waals surface area contributed by atoms with Crippen LogP contribution in [-0.2, 0) is 9.59 Å². The van der Waals surface area contributed by atoms with Crippen LogP contribution < -0.4 is 4.74 Å². The Balaban J connectivity index is 1.97. The molecule has 3 rings (SSSR count). The number of aliphatic hydroxyl groups excluding tert-OH is 1. The lowest BCUT2D eigenvalue weighted by Crippen LogP contribution is -2.38. The fraction of sp³-hybridized carbons (Fsp3) is 0.308.